The van der Waals surface area contributed by atoms with Crippen molar-refractivity contribution in [3.63, 3.8) is 0 Å². The number of aliphatic hydroxyl groups is 1. The summed E-state index contributed by atoms with van der Waals surface area (Å²) in [6, 6.07) is 39.2. The van der Waals surface area contributed by atoms with Gasteiger partial charge in [0.05, 0.1) is 11.6 Å². The molecule has 3 nitrogen and oxygen atoms in total. The predicted molar refractivity (Wildman–Crippen MR) is 152 cm³/mol. The van der Waals surface area contributed by atoms with E-state index in [2.05, 4.69) is 85.0 Å². The predicted octanol–water partition coefficient (Wildman–Crippen LogP) is 5.98. The van der Waals surface area contributed by atoms with Gasteiger partial charge in [-0.3, -0.25) is 4.79 Å². The molecule has 38 heavy (non-hydrogen) atoms. The summed E-state index contributed by atoms with van der Waals surface area (Å²) in [6.45, 7) is 2.68. The standard InChI is InChI=1S/C35H35NO2/c1-25-13-11-12-20-29(25)35(38)22-21-34(27-16-7-3-8-17-27,28-18-9-4-10-19-28)32-30(35)24-36-33(32)31(37)23-26-14-5-2-6-15-26/h2-20,30,32-33,36,38H,21-24H2,1H3/t30-,32-,33?,35-/m1/s1. The largest absolute Gasteiger partial charge is 0.385 e. The minimum absolute atomic E-state index is 0.109. The Balaban J connectivity index is 1.53. The van der Waals surface area contributed by atoms with E-state index in [9.17, 15) is 9.90 Å². The van der Waals surface area contributed by atoms with Gasteiger partial charge in [-0.15, -0.1) is 0 Å². The fraction of sp³-hybridized carbons (Fsp3) is 0.286. The van der Waals surface area contributed by atoms with E-state index in [1.165, 1.54) is 11.1 Å². The van der Waals surface area contributed by atoms with E-state index in [1.807, 2.05) is 42.5 Å². The highest BCUT2D eigenvalue weighted by atomic mass is 16.3. The molecule has 1 aliphatic carbocycles. The molecule has 1 unspecified atom stereocenters. The molecule has 2 fully saturated rings. The van der Waals surface area contributed by atoms with Gasteiger partial charge in [0.25, 0.3) is 0 Å². The zero-order valence-electron chi connectivity index (χ0n) is 21.9. The molecule has 1 heterocycles. The number of ketones is 1. The Morgan fingerprint density at radius 2 is 1.34 bits per heavy atom. The van der Waals surface area contributed by atoms with Crippen molar-refractivity contribution in [3.8, 4) is 0 Å². The minimum atomic E-state index is -1.02. The molecule has 192 valence electrons. The van der Waals surface area contributed by atoms with Crippen LogP contribution in [0.5, 0.6) is 0 Å². The molecule has 4 aromatic carbocycles. The Hall–Kier alpha value is -3.53. The molecule has 0 amide bonds. The van der Waals surface area contributed by atoms with E-state index in [0.717, 1.165) is 23.1 Å². The molecule has 1 saturated carbocycles. The van der Waals surface area contributed by atoms with Gasteiger partial charge >= 0.3 is 0 Å². The summed E-state index contributed by atoms with van der Waals surface area (Å²) < 4.78 is 0. The number of aryl methyl sites for hydroxylation is 1. The second-order valence-electron chi connectivity index (χ2n) is 11.1. The molecular formula is C35H35NO2. The monoisotopic (exact) mass is 501 g/mol. The second kappa shape index (κ2) is 9.98. The normalized spacial score (nSPS) is 26.0. The summed E-state index contributed by atoms with van der Waals surface area (Å²) >= 11 is 0. The number of carbonyl (C=O) groups is 1. The Kier molecular flexibility index (Phi) is 6.51. The van der Waals surface area contributed by atoms with E-state index < -0.39 is 11.0 Å². The van der Waals surface area contributed by atoms with Gasteiger partial charge in [0.15, 0.2) is 5.78 Å². The minimum Gasteiger partial charge on any atom is -0.385 e. The number of benzene rings is 4. The molecule has 0 bridgehead atoms. The number of carbonyl (C=O) groups excluding carboxylic acids is 1. The van der Waals surface area contributed by atoms with Gasteiger partial charge in [0.1, 0.15) is 0 Å². The van der Waals surface area contributed by atoms with Crippen LogP contribution < -0.4 is 5.32 Å². The second-order valence-corrected chi connectivity index (χ2v) is 11.1. The summed E-state index contributed by atoms with van der Waals surface area (Å²) in [6.07, 6.45) is 1.76. The zero-order chi connectivity index (χ0) is 26.2. The van der Waals surface area contributed by atoms with Crippen molar-refractivity contribution < 1.29 is 9.90 Å². The first-order valence-electron chi connectivity index (χ1n) is 13.7. The van der Waals surface area contributed by atoms with E-state index >= 15 is 0 Å². The van der Waals surface area contributed by atoms with Crippen LogP contribution in [0, 0.1) is 18.8 Å². The lowest BCUT2D eigenvalue weighted by Gasteiger charge is -2.54. The van der Waals surface area contributed by atoms with Crippen LogP contribution in [0.15, 0.2) is 115 Å². The lowest BCUT2D eigenvalue weighted by molar-refractivity contribution is -0.125. The smallest absolute Gasteiger partial charge is 0.154 e. The van der Waals surface area contributed by atoms with Crippen LogP contribution in [0.3, 0.4) is 0 Å². The van der Waals surface area contributed by atoms with E-state index in [0.29, 0.717) is 19.4 Å². The van der Waals surface area contributed by atoms with Gasteiger partial charge in [-0.05, 0) is 47.6 Å². The van der Waals surface area contributed by atoms with Gasteiger partial charge in [0.2, 0.25) is 0 Å². The molecular weight excluding hydrogens is 466 g/mol. The highest BCUT2D eigenvalue weighted by molar-refractivity contribution is 5.87. The first-order valence-corrected chi connectivity index (χ1v) is 13.7. The van der Waals surface area contributed by atoms with Crippen molar-refractivity contribution >= 4 is 5.78 Å². The number of hydrogen-bond donors (Lipinski definition) is 2. The molecule has 1 saturated heterocycles. The molecule has 4 aromatic rings. The third-order valence-electron chi connectivity index (χ3n) is 9.19. The molecule has 0 spiro atoms. The number of Topliss-reactive ketones (excluding diaryl/α,β-unsaturated/α-hetero) is 1. The fourth-order valence-electron chi connectivity index (χ4n) is 7.50. The zero-order valence-corrected chi connectivity index (χ0v) is 21.9. The van der Waals surface area contributed by atoms with Crippen LogP contribution in [0.2, 0.25) is 0 Å². The number of fused-ring (bicyclic) bond motifs is 1. The van der Waals surface area contributed by atoms with E-state index in [1.54, 1.807) is 0 Å². The highest BCUT2D eigenvalue weighted by Crippen LogP contribution is 2.59. The van der Waals surface area contributed by atoms with Gasteiger partial charge in [-0.1, -0.05) is 115 Å². The summed E-state index contributed by atoms with van der Waals surface area (Å²) in [4.78, 5) is 14.1. The van der Waals surface area contributed by atoms with Crippen LogP contribution in [0.25, 0.3) is 0 Å². The van der Waals surface area contributed by atoms with Crippen molar-refractivity contribution in [1.29, 1.82) is 0 Å². The van der Waals surface area contributed by atoms with E-state index in [-0.39, 0.29) is 23.7 Å². The molecule has 1 aliphatic heterocycles. The molecule has 2 aliphatic rings. The first kappa shape index (κ1) is 24.8. The maximum absolute atomic E-state index is 14.1. The van der Waals surface area contributed by atoms with Crippen molar-refractivity contribution in [2.45, 2.75) is 43.2 Å². The molecule has 0 radical (unpaired) electrons. The molecule has 2 N–H and O–H groups in total. The van der Waals surface area contributed by atoms with Crippen LogP contribution in [0.1, 0.15) is 40.7 Å². The average Bonchev–Trinajstić information content (AvgIpc) is 3.43. The Morgan fingerprint density at radius 1 is 0.789 bits per heavy atom. The van der Waals surface area contributed by atoms with Crippen molar-refractivity contribution in [2.75, 3.05) is 6.54 Å². The summed E-state index contributed by atoms with van der Waals surface area (Å²) in [5, 5.41) is 16.2. The average molecular weight is 502 g/mol. The van der Waals surface area contributed by atoms with Crippen molar-refractivity contribution in [2.24, 2.45) is 11.8 Å². The van der Waals surface area contributed by atoms with Crippen LogP contribution in [-0.2, 0) is 22.2 Å². The number of hydrogen-bond acceptors (Lipinski definition) is 3. The first-order chi connectivity index (χ1) is 18.5. The van der Waals surface area contributed by atoms with Gasteiger partial charge in [0, 0.05) is 30.2 Å². The van der Waals surface area contributed by atoms with Gasteiger partial charge < -0.3 is 10.4 Å². The molecule has 4 atom stereocenters. The van der Waals surface area contributed by atoms with Crippen LogP contribution in [0.4, 0.5) is 0 Å². The topological polar surface area (TPSA) is 49.3 Å². The van der Waals surface area contributed by atoms with Gasteiger partial charge in [-0.25, -0.2) is 0 Å². The molecule has 6 rings (SSSR count). The number of nitrogens with one attached hydrogen (secondary N) is 1. The quantitative estimate of drug-likeness (QED) is 0.342. The Morgan fingerprint density at radius 3 is 1.95 bits per heavy atom. The van der Waals surface area contributed by atoms with Crippen LogP contribution >= 0.6 is 0 Å². The summed E-state index contributed by atoms with van der Waals surface area (Å²) in [5.74, 6) is -0.0432. The maximum Gasteiger partial charge on any atom is 0.154 e. The third kappa shape index (κ3) is 4.02. The molecule has 3 heteroatoms. The highest BCUT2D eigenvalue weighted by Gasteiger charge is 2.62. The van der Waals surface area contributed by atoms with Gasteiger partial charge in [-0.2, -0.15) is 0 Å². The Labute approximate surface area is 225 Å². The maximum atomic E-state index is 14.1. The van der Waals surface area contributed by atoms with Crippen molar-refractivity contribution in [1.82, 2.24) is 5.32 Å². The third-order valence-corrected chi connectivity index (χ3v) is 9.19. The lowest BCUT2D eigenvalue weighted by atomic mass is 9.50. The summed E-state index contributed by atoms with van der Waals surface area (Å²) in [5.41, 5.74) is 4.13. The van der Waals surface area contributed by atoms with E-state index in [4.69, 9.17) is 0 Å². The lowest BCUT2D eigenvalue weighted by Crippen LogP contribution is -2.57. The molecule has 0 aromatic heterocycles. The SMILES string of the molecule is Cc1ccccc1[C@]1(O)CCC(c2ccccc2)(c2ccccc2)[C@H]2C(C(=O)Cc3ccccc3)NC[C@H]21. The van der Waals surface area contributed by atoms with Crippen molar-refractivity contribution in [3.05, 3.63) is 143 Å². The summed E-state index contributed by atoms with van der Waals surface area (Å²) in [7, 11) is 0. The number of rotatable bonds is 6. The van der Waals surface area contributed by atoms with Crippen LogP contribution in [-0.4, -0.2) is 23.5 Å². The fourth-order valence-corrected chi connectivity index (χ4v) is 7.50. The Bertz CT molecular complexity index is 1360.